The Morgan fingerprint density at radius 2 is 1.79 bits per heavy atom. The third-order valence-electron chi connectivity index (χ3n) is 4.46. The Morgan fingerprint density at radius 1 is 1.21 bits per heavy atom. The van der Waals surface area contributed by atoms with Crippen molar-refractivity contribution >= 4 is 18.4 Å². The maximum Gasteiger partial charge on any atom is 0.514 e. The molecule has 102 valence electrons. The number of rotatable bonds is 2. The normalized spacial score (nSPS) is 24.7. The molecule has 3 rings (SSSR count). The summed E-state index contributed by atoms with van der Waals surface area (Å²) in [7, 11) is -0.388. The second-order valence-corrected chi connectivity index (χ2v) is 6.61. The van der Waals surface area contributed by atoms with Crippen LogP contribution in [0.2, 0.25) is 0 Å². The lowest BCUT2D eigenvalue weighted by atomic mass is 9.79. The summed E-state index contributed by atoms with van der Waals surface area (Å²) in [6.45, 7) is 8.23. The zero-order chi connectivity index (χ0) is 13.8. The standard InChI is InChI=1S/C14H21BN2O2/c1-13(2)14(3,4)19-15(18-13)12-11(9-5-6-9)7-10(16)8-17-12/h7-9H,5-6,16H2,1-4H3. The molecule has 1 aliphatic heterocycles. The molecule has 4 nitrogen and oxygen atoms in total. The minimum atomic E-state index is -0.388. The van der Waals surface area contributed by atoms with Crippen LogP contribution in [0.5, 0.6) is 0 Å². The van der Waals surface area contributed by atoms with Crippen LogP contribution in [0.1, 0.15) is 52.0 Å². The molecule has 5 heteroatoms. The maximum absolute atomic E-state index is 6.08. The molecule has 2 N–H and O–H groups in total. The van der Waals surface area contributed by atoms with Crippen LogP contribution in [0.3, 0.4) is 0 Å². The Kier molecular flexibility index (Phi) is 2.70. The van der Waals surface area contributed by atoms with Gasteiger partial charge in [-0.1, -0.05) is 0 Å². The first-order valence-electron chi connectivity index (χ1n) is 6.91. The lowest BCUT2D eigenvalue weighted by Crippen LogP contribution is -2.41. The van der Waals surface area contributed by atoms with Gasteiger partial charge in [0, 0.05) is 6.20 Å². The molecule has 0 amide bonds. The molecule has 0 bridgehead atoms. The maximum atomic E-state index is 6.08. The summed E-state index contributed by atoms with van der Waals surface area (Å²) in [6.07, 6.45) is 4.10. The lowest BCUT2D eigenvalue weighted by Gasteiger charge is -2.32. The molecule has 0 radical (unpaired) electrons. The summed E-state index contributed by atoms with van der Waals surface area (Å²) in [5.74, 6) is 0.574. The van der Waals surface area contributed by atoms with Crippen LogP contribution in [0.25, 0.3) is 0 Å². The first-order chi connectivity index (χ1) is 8.80. The van der Waals surface area contributed by atoms with Gasteiger partial charge < -0.3 is 15.0 Å². The van der Waals surface area contributed by atoms with Crippen LogP contribution in [0.4, 0.5) is 5.69 Å². The minimum absolute atomic E-state index is 0.332. The summed E-state index contributed by atoms with van der Waals surface area (Å²) in [6, 6.07) is 2.02. The van der Waals surface area contributed by atoms with Crippen LogP contribution < -0.4 is 11.3 Å². The first kappa shape index (κ1) is 12.9. The van der Waals surface area contributed by atoms with E-state index in [9.17, 15) is 0 Å². The molecule has 0 atom stereocenters. The second kappa shape index (κ2) is 3.96. The first-order valence-corrected chi connectivity index (χ1v) is 6.91. The van der Waals surface area contributed by atoms with Crippen LogP contribution >= 0.6 is 0 Å². The molecule has 2 aliphatic rings. The van der Waals surface area contributed by atoms with E-state index >= 15 is 0 Å². The fraction of sp³-hybridized carbons (Fsp3) is 0.643. The van der Waals surface area contributed by atoms with Crippen molar-refractivity contribution in [2.75, 3.05) is 5.73 Å². The smallest absolute Gasteiger partial charge is 0.398 e. The highest BCUT2D eigenvalue weighted by Crippen LogP contribution is 2.41. The Hall–Kier alpha value is -1.07. The number of aromatic nitrogens is 1. The molecule has 1 saturated heterocycles. The number of pyridine rings is 1. The van der Waals surface area contributed by atoms with Crippen LogP contribution in [-0.2, 0) is 9.31 Å². The largest absolute Gasteiger partial charge is 0.514 e. The number of nitrogens with two attached hydrogens (primary N) is 1. The van der Waals surface area contributed by atoms with Crippen molar-refractivity contribution in [2.45, 2.75) is 57.7 Å². The molecular formula is C14H21BN2O2. The second-order valence-electron chi connectivity index (χ2n) is 6.61. The monoisotopic (exact) mass is 260 g/mol. The summed E-state index contributed by atoms with van der Waals surface area (Å²) < 4.78 is 12.2. The van der Waals surface area contributed by atoms with E-state index in [1.54, 1.807) is 6.20 Å². The SMILES string of the molecule is CC1(C)OB(c2ncc(N)cc2C2CC2)OC1(C)C. The van der Waals surface area contributed by atoms with Gasteiger partial charge in [-0.15, -0.1) is 0 Å². The van der Waals surface area contributed by atoms with E-state index in [0.717, 1.165) is 5.59 Å². The highest BCUT2D eigenvalue weighted by Gasteiger charge is 2.53. The van der Waals surface area contributed by atoms with E-state index in [0.29, 0.717) is 11.6 Å². The van der Waals surface area contributed by atoms with Crippen molar-refractivity contribution in [1.82, 2.24) is 4.98 Å². The minimum Gasteiger partial charge on any atom is -0.398 e. The number of nitrogens with zero attached hydrogens (tertiary/aromatic N) is 1. The number of hydrogen-bond acceptors (Lipinski definition) is 4. The number of anilines is 1. The Bertz CT molecular complexity index is 496. The number of hydrogen-bond donors (Lipinski definition) is 1. The zero-order valence-corrected chi connectivity index (χ0v) is 12.1. The fourth-order valence-corrected chi connectivity index (χ4v) is 2.38. The quantitative estimate of drug-likeness (QED) is 0.824. The fourth-order valence-electron chi connectivity index (χ4n) is 2.38. The Labute approximate surface area is 114 Å². The average molecular weight is 260 g/mol. The third kappa shape index (κ3) is 2.15. The van der Waals surface area contributed by atoms with Crippen molar-refractivity contribution < 1.29 is 9.31 Å². The average Bonchev–Trinajstić information content (AvgIpc) is 3.07. The summed E-state index contributed by atoms with van der Waals surface area (Å²) in [4.78, 5) is 4.48. The summed E-state index contributed by atoms with van der Waals surface area (Å²) >= 11 is 0. The molecule has 19 heavy (non-hydrogen) atoms. The van der Waals surface area contributed by atoms with Gasteiger partial charge in [0.25, 0.3) is 0 Å². The highest BCUT2D eigenvalue weighted by atomic mass is 16.7. The topological polar surface area (TPSA) is 57.4 Å². The van der Waals surface area contributed by atoms with Gasteiger partial charge in [0.05, 0.1) is 22.5 Å². The van der Waals surface area contributed by atoms with E-state index in [2.05, 4.69) is 32.7 Å². The Morgan fingerprint density at radius 3 is 2.32 bits per heavy atom. The van der Waals surface area contributed by atoms with Gasteiger partial charge in [-0.3, -0.25) is 4.98 Å². The van der Waals surface area contributed by atoms with E-state index in [1.165, 1.54) is 18.4 Å². The van der Waals surface area contributed by atoms with Gasteiger partial charge in [-0.05, 0) is 58.1 Å². The van der Waals surface area contributed by atoms with Crippen LogP contribution in [-0.4, -0.2) is 23.3 Å². The van der Waals surface area contributed by atoms with E-state index < -0.39 is 0 Å². The van der Waals surface area contributed by atoms with Gasteiger partial charge in [-0.2, -0.15) is 0 Å². The molecule has 0 spiro atoms. The molecule has 1 aromatic heterocycles. The third-order valence-corrected chi connectivity index (χ3v) is 4.46. The van der Waals surface area contributed by atoms with Gasteiger partial charge >= 0.3 is 7.12 Å². The predicted molar refractivity (Wildman–Crippen MR) is 76.3 cm³/mol. The van der Waals surface area contributed by atoms with Crippen molar-refractivity contribution in [2.24, 2.45) is 0 Å². The molecule has 2 heterocycles. The van der Waals surface area contributed by atoms with Crippen molar-refractivity contribution in [1.29, 1.82) is 0 Å². The van der Waals surface area contributed by atoms with Crippen molar-refractivity contribution in [3.05, 3.63) is 17.8 Å². The molecule has 2 fully saturated rings. The Balaban J connectivity index is 1.96. The molecule has 1 aliphatic carbocycles. The highest BCUT2D eigenvalue weighted by molar-refractivity contribution is 6.61. The predicted octanol–water partition coefficient (Wildman–Crippen LogP) is 1.84. The summed E-state index contributed by atoms with van der Waals surface area (Å²) in [5.41, 5.74) is 7.99. The van der Waals surface area contributed by atoms with Crippen LogP contribution in [0, 0.1) is 0 Å². The van der Waals surface area contributed by atoms with E-state index in [1.807, 2.05) is 6.07 Å². The number of nitrogen functional groups attached to an aromatic ring is 1. The molecule has 1 aromatic rings. The van der Waals surface area contributed by atoms with E-state index in [-0.39, 0.29) is 18.3 Å². The van der Waals surface area contributed by atoms with Gasteiger partial charge in [0.1, 0.15) is 0 Å². The van der Waals surface area contributed by atoms with Gasteiger partial charge in [-0.25, -0.2) is 0 Å². The lowest BCUT2D eigenvalue weighted by molar-refractivity contribution is 0.00578. The molecule has 0 aromatic carbocycles. The van der Waals surface area contributed by atoms with Crippen molar-refractivity contribution in [3.63, 3.8) is 0 Å². The van der Waals surface area contributed by atoms with Gasteiger partial charge in [0.2, 0.25) is 0 Å². The molecule has 1 saturated carbocycles. The molecular weight excluding hydrogens is 239 g/mol. The zero-order valence-electron chi connectivity index (χ0n) is 12.1. The van der Waals surface area contributed by atoms with Gasteiger partial charge in [0.15, 0.2) is 0 Å². The summed E-state index contributed by atoms with van der Waals surface area (Å²) in [5, 5.41) is 0. The van der Waals surface area contributed by atoms with Crippen molar-refractivity contribution in [3.8, 4) is 0 Å². The van der Waals surface area contributed by atoms with E-state index in [4.69, 9.17) is 15.0 Å². The molecule has 0 unspecified atom stereocenters. The van der Waals surface area contributed by atoms with Crippen LogP contribution in [0.15, 0.2) is 12.3 Å².